The molecule has 0 aliphatic carbocycles. The summed E-state index contributed by atoms with van der Waals surface area (Å²) in [5.74, 6) is 0. The molecule has 0 aromatic rings. The standard InChI is InChI=1S/C6H9ClO2/c7-5-2-4-9-6(5)1-3-8/h3,5-6H,1-2,4H2/t5-,6-/m0/s1. The van der Waals surface area contributed by atoms with Gasteiger partial charge in [-0.25, -0.2) is 0 Å². The Hall–Kier alpha value is -0.0800. The summed E-state index contributed by atoms with van der Waals surface area (Å²) >= 11 is 5.77. The van der Waals surface area contributed by atoms with Crippen LogP contribution in [0.3, 0.4) is 0 Å². The smallest absolute Gasteiger partial charge is 0.122 e. The number of hydrogen-bond donors (Lipinski definition) is 0. The number of ether oxygens (including phenoxy) is 1. The minimum absolute atomic E-state index is 0.0239. The van der Waals surface area contributed by atoms with Gasteiger partial charge in [0, 0.05) is 13.0 Å². The van der Waals surface area contributed by atoms with Crippen molar-refractivity contribution >= 4 is 17.9 Å². The molecular weight excluding hydrogens is 140 g/mol. The summed E-state index contributed by atoms with van der Waals surface area (Å²) in [5, 5.41) is 0.0511. The largest absolute Gasteiger partial charge is 0.376 e. The van der Waals surface area contributed by atoms with Gasteiger partial charge in [-0.2, -0.15) is 0 Å². The number of carbonyl (C=O) groups is 1. The summed E-state index contributed by atoms with van der Waals surface area (Å²) in [5.41, 5.74) is 0. The molecule has 0 amide bonds. The summed E-state index contributed by atoms with van der Waals surface area (Å²) < 4.78 is 5.14. The lowest BCUT2D eigenvalue weighted by Gasteiger charge is -2.06. The molecule has 1 fully saturated rings. The third kappa shape index (κ3) is 1.66. The molecule has 0 radical (unpaired) electrons. The number of rotatable bonds is 2. The molecule has 2 atom stereocenters. The van der Waals surface area contributed by atoms with Crippen LogP contribution in [0.4, 0.5) is 0 Å². The highest BCUT2D eigenvalue weighted by Crippen LogP contribution is 2.20. The van der Waals surface area contributed by atoms with Crippen LogP contribution in [0.15, 0.2) is 0 Å². The van der Waals surface area contributed by atoms with E-state index in [1.54, 1.807) is 0 Å². The Kier molecular flexibility index (Phi) is 2.49. The Morgan fingerprint density at radius 2 is 2.56 bits per heavy atom. The van der Waals surface area contributed by atoms with Gasteiger partial charge in [0.1, 0.15) is 6.29 Å². The van der Waals surface area contributed by atoms with Gasteiger partial charge in [0.15, 0.2) is 0 Å². The molecular formula is C6H9ClO2. The van der Waals surface area contributed by atoms with Crippen LogP contribution in [-0.2, 0) is 9.53 Å². The fourth-order valence-corrected chi connectivity index (χ4v) is 1.20. The lowest BCUT2D eigenvalue weighted by atomic mass is 10.2. The topological polar surface area (TPSA) is 26.3 Å². The average molecular weight is 149 g/mol. The van der Waals surface area contributed by atoms with E-state index in [0.717, 1.165) is 12.7 Å². The van der Waals surface area contributed by atoms with Crippen molar-refractivity contribution in [3.05, 3.63) is 0 Å². The maximum atomic E-state index is 9.97. The molecule has 1 heterocycles. The Labute approximate surface area is 59.1 Å². The van der Waals surface area contributed by atoms with E-state index in [1.165, 1.54) is 0 Å². The van der Waals surface area contributed by atoms with E-state index in [1.807, 2.05) is 0 Å². The van der Waals surface area contributed by atoms with E-state index in [9.17, 15) is 4.79 Å². The van der Waals surface area contributed by atoms with Crippen molar-refractivity contribution < 1.29 is 9.53 Å². The third-order valence-corrected chi connectivity index (χ3v) is 1.96. The summed E-state index contributed by atoms with van der Waals surface area (Å²) in [6, 6.07) is 0. The Bertz CT molecular complexity index is 105. The summed E-state index contributed by atoms with van der Waals surface area (Å²) in [6.45, 7) is 0.701. The van der Waals surface area contributed by atoms with Crippen molar-refractivity contribution in [3.8, 4) is 0 Å². The van der Waals surface area contributed by atoms with E-state index < -0.39 is 0 Å². The summed E-state index contributed by atoms with van der Waals surface area (Å²) in [7, 11) is 0. The summed E-state index contributed by atoms with van der Waals surface area (Å²) in [6.07, 6.45) is 2.14. The lowest BCUT2D eigenvalue weighted by Crippen LogP contribution is -2.15. The van der Waals surface area contributed by atoms with Gasteiger partial charge in [0.05, 0.1) is 11.5 Å². The van der Waals surface area contributed by atoms with Crippen LogP contribution < -0.4 is 0 Å². The lowest BCUT2D eigenvalue weighted by molar-refractivity contribution is -0.109. The first-order valence-corrected chi connectivity index (χ1v) is 3.47. The molecule has 1 rings (SSSR count). The monoisotopic (exact) mass is 148 g/mol. The molecule has 1 aliphatic rings. The molecule has 9 heavy (non-hydrogen) atoms. The SMILES string of the molecule is O=CC[C@@H]1OCC[C@@H]1Cl. The van der Waals surface area contributed by atoms with Crippen molar-refractivity contribution in [1.82, 2.24) is 0 Å². The normalized spacial score (nSPS) is 34.8. The zero-order valence-corrected chi connectivity index (χ0v) is 5.80. The van der Waals surface area contributed by atoms with Crippen molar-refractivity contribution in [1.29, 1.82) is 0 Å². The quantitative estimate of drug-likeness (QED) is 0.431. The Morgan fingerprint density at radius 1 is 1.78 bits per heavy atom. The molecule has 0 N–H and O–H groups in total. The first kappa shape index (κ1) is 7.03. The van der Waals surface area contributed by atoms with E-state index in [4.69, 9.17) is 16.3 Å². The second kappa shape index (κ2) is 3.18. The second-order valence-corrected chi connectivity index (χ2v) is 2.68. The molecule has 0 aromatic heterocycles. The fraction of sp³-hybridized carbons (Fsp3) is 0.833. The van der Waals surface area contributed by atoms with Crippen LogP contribution >= 0.6 is 11.6 Å². The number of carbonyl (C=O) groups excluding carboxylic acids is 1. The van der Waals surface area contributed by atoms with Gasteiger partial charge < -0.3 is 9.53 Å². The highest BCUT2D eigenvalue weighted by atomic mass is 35.5. The Balaban J connectivity index is 2.30. The van der Waals surface area contributed by atoms with Gasteiger partial charge in [-0.1, -0.05) is 0 Å². The van der Waals surface area contributed by atoms with Crippen LogP contribution in [0, 0.1) is 0 Å². The first-order chi connectivity index (χ1) is 4.34. The molecule has 1 saturated heterocycles. The molecule has 52 valence electrons. The molecule has 0 saturated carbocycles. The highest BCUT2D eigenvalue weighted by molar-refractivity contribution is 6.21. The molecule has 0 bridgehead atoms. The third-order valence-electron chi connectivity index (χ3n) is 1.46. The predicted molar refractivity (Wildman–Crippen MR) is 34.7 cm³/mol. The molecule has 0 unspecified atom stereocenters. The van der Waals surface area contributed by atoms with Gasteiger partial charge in [-0.3, -0.25) is 0 Å². The average Bonchev–Trinajstić information content (AvgIpc) is 2.18. The minimum Gasteiger partial charge on any atom is -0.376 e. The van der Waals surface area contributed by atoms with Crippen molar-refractivity contribution in [3.63, 3.8) is 0 Å². The number of alkyl halides is 1. The first-order valence-electron chi connectivity index (χ1n) is 3.04. The zero-order valence-electron chi connectivity index (χ0n) is 5.05. The number of hydrogen-bond acceptors (Lipinski definition) is 2. The second-order valence-electron chi connectivity index (χ2n) is 2.12. The van der Waals surface area contributed by atoms with E-state index in [2.05, 4.69) is 0 Å². The molecule has 1 aliphatic heterocycles. The number of aldehydes is 1. The van der Waals surface area contributed by atoms with Crippen LogP contribution in [0.5, 0.6) is 0 Å². The highest BCUT2D eigenvalue weighted by Gasteiger charge is 2.25. The molecule has 0 spiro atoms. The van der Waals surface area contributed by atoms with E-state index in [0.29, 0.717) is 13.0 Å². The summed E-state index contributed by atoms with van der Waals surface area (Å²) in [4.78, 5) is 9.97. The van der Waals surface area contributed by atoms with Crippen molar-refractivity contribution in [2.45, 2.75) is 24.3 Å². The Morgan fingerprint density at radius 3 is 3.00 bits per heavy atom. The van der Waals surface area contributed by atoms with Gasteiger partial charge >= 0.3 is 0 Å². The van der Waals surface area contributed by atoms with Crippen molar-refractivity contribution in [2.24, 2.45) is 0 Å². The van der Waals surface area contributed by atoms with Gasteiger partial charge in [-0.15, -0.1) is 11.6 Å². The number of halogens is 1. The van der Waals surface area contributed by atoms with Crippen LogP contribution in [0.2, 0.25) is 0 Å². The minimum atomic E-state index is -0.0239. The zero-order chi connectivity index (χ0) is 6.69. The van der Waals surface area contributed by atoms with Crippen molar-refractivity contribution in [2.75, 3.05) is 6.61 Å². The maximum Gasteiger partial charge on any atom is 0.122 e. The van der Waals surface area contributed by atoms with E-state index in [-0.39, 0.29) is 11.5 Å². The van der Waals surface area contributed by atoms with Crippen LogP contribution in [0.1, 0.15) is 12.8 Å². The van der Waals surface area contributed by atoms with E-state index >= 15 is 0 Å². The van der Waals surface area contributed by atoms with Gasteiger partial charge in [-0.05, 0) is 6.42 Å². The fourth-order valence-electron chi connectivity index (χ4n) is 0.933. The molecule has 3 heteroatoms. The van der Waals surface area contributed by atoms with Gasteiger partial charge in [0.2, 0.25) is 0 Å². The molecule has 2 nitrogen and oxygen atoms in total. The predicted octanol–water partition coefficient (Wildman–Crippen LogP) is 0.972. The van der Waals surface area contributed by atoms with Crippen LogP contribution in [-0.4, -0.2) is 24.4 Å². The van der Waals surface area contributed by atoms with Crippen LogP contribution in [0.25, 0.3) is 0 Å². The maximum absolute atomic E-state index is 9.97. The van der Waals surface area contributed by atoms with Gasteiger partial charge in [0.25, 0.3) is 0 Å². The molecule has 0 aromatic carbocycles.